The van der Waals surface area contributed by atoms with E-state index in [9.17, 15) is 0 Å². The van der Waals surface area contributed by atoms with Gasteiger partial charge in [0, 0.05) is 39.4 Å². The van der Waals surface area contributed by atoms with Crippen LogP contribution in [-0.2, 0) is 9.47 Å². The maximum atomic E-state index is 5.57. The van der Waals surface area contributed by atoms with Gasteiger partial charge in [-0.2, -0.15) is 0 Å². The van der Waals surface area contributed by atoms with Crippen LogP contribution in [0.2, 0.25) is 0 Å². The first-order chi connectivity index (χ1) is 9.20. The second-order valence-corrected chi connectivity index (χ2v) is 6.53. The lowest BCUT2D eigenvalue weighted by molar-refractivity contribution is -0.0289. The van der Waals surface area contributed by atoms with Gasteiger partial charge in [0.2, 0.25) is 0 Å². The van der Waals surface area contributed by atoms with E-state index in [0.717, 1.165) is 58.5 Å². The van der Waals surface area contributed by atoms with Crippen molar-refractivity contribution in [2.24, 2.45) is 11.3 Å². The van der Waals surface area contributed by atoms with Crippen molar-refractivity contribution in [1.82, 2.24) is 10.2 Å². The van der Waals surface area contributed by atoms with Crippen molar-refractivity contribution in [1.29, 1.82) is 0 Å². The summed E-state index contributed by atoms with van der Waals surface area (Å²) in [7, 11) is 0. The summed E-state index contributed by atoms with van der Waals surface area (Å²) in [6, 6.07) is 0. The van der Waals surface area contributed by atoms with Crippen molar-refractivity contribution in [2.75, 3.05) is 59.2 Å². The molecule has 4 heteroatoms. The molecule has 0 unspecified atom stereocenters. The Morgan fingerprint density at radius 2 is 1.68 bits per heavy atom. The highest BCUT2D eigenvalue weighted by Gasteiger charge is 2.34. The van der Waals surface area contributed by atoms with Gasteiger partial charge in [0.1, 0.15) is 0 Å². The molecule has 2 heterocycles. The summed E-state index contributed by atoms with van der Waals surface area (Å²) >= 11 is 0. The summed E-state index contributed by atoms with van der Waals surface area (Å²) in [6.45, 7) is 13.8. The molecular formula is C15H30N2O2. The van der Waals surface area contributed by atoms with Gasteiger partial charge in [0.05, 0.1) is 13.2 Å². The van der Waals surface area contributed by atoms with Crippen molar-refractivity contribution >= 4 is 0 Å². The quantitative estimate of drug-likeness (QED) is 0.790. The molecule has 0 aromatic heterocycles. The normalized spacial score (nSPS) is 24.8. The van der Waals surface area contributed by atoms with Crippen LogP contribution in [0.3, 0.4) is 0 Å². The van der Waals surface area contributed by atoms with E-state index in [0.29, 0.717) is 5.41 Å². The number of nitrogens with one attached hydrogen (secondary N) is 1. The molecule has 0 aliphatic carbocycles. The molecule has 112 valence electrons. The van der Waals surface area contributed by atoms with Crippen LogP contribution in [0, 0.1) is 11.3 Å². The van der Waals surface area contributed by atoms with Gasteiger partial charge >= 0.3 is 0 Å². The Kier molecular flexibility index (Phi) is 6.07. The van der Waals surface area contributed by atoms with Crippen LogP contribution < -0.4 is 5.32 Å². The third-order valence-corrected chi connectivity index (χ3v) is 4.27. The molecule has 4 nitrogen and oxygen atoms in total. The predicted molar refractivity (Wildman–Crippen MR) is 77.5 cm³/mol. The highest BCUT2D eigenvalue weighted by atomic mass is 16.5. The molecule has 0 aromatic carbocycles. The Hall–Kier alpha value is -0.160. The Morgan fingerprint density at radius 3 is 2.32 bits per heavy atom. The fourth-order valence-electron chi connectivity index (χ4n) is 3.05. The van der Waals surface area contributed by atoms with Crippen LogP contribution in [0.1, 0.15) is 26.7 Å². The average molecular weight is 270 g/mol. The molecule has 0 amide bonds. The minimum atomic E-state index is 0.407. The molecule has 2 rings (SSSR count). The lowest BCUT2D eigenvalue weighted by Crippen LogP contribution is -2.50. The van der Waals surface area contributed by atoms with E-state index in [1.807, 2.05) is 0 Å². The maximum absolute atomic E-state index is 5.57. The van der Waals surface area contributed by atoms with Crippen molar-refractivity contribution in [3.05, 3.63) is 0 Å². The van der Waals surface area contributed by atoms with E-state index >= 15 is 0 Å². The molecule has 2 fully saturated rings. The van der Waals surface area contributed by atoms with Crippen molar-refractivity contribution in [3.63, 3.8) is 0 Å². The molecule has 0 bridgehead atoms. The number of ether oxygens (including phenoxy) is 2. The molecule has 19 heavy (non-hydrogen) atoms. The highest BCUT2D eigenvalue weighted by molar-refractivity contribution is 4.88. The van der Waals surface area contributed by atoms with Crippen LogP contribution in [-0.4, -0.2) is 64.1 Å². The Labute approximate surface area is 117 Å². The molecule has 0 aromatic rings. The first-order valence-corrected chi connectivity index (χ1v) is 7.79. The SMILES string of the molecule is CC(C)CNCC1(CN2CCOCC2)CCOCC1. The standard InChI is InChI=1S/C15H30N2O2/c1-14(2)11-16-12-15(3-7-18-8-4-15)13-17-5-9-19-10-6-17/h14,16H,3-13H2,1-2H3. The monoisotopic (exact) mass is 270 g/mol. The summed E-state index contributed by atoms with van der Waals surface area (Å²) in [6.07, 6.45) is 2.38. The smallest absolute Gasteiger partial charge is 0.0594 e. The van der Waals surface area contributed by atoms with Gasteiger partial charge in [0.15, 0.2) is 0 Å². The van der Waals surface area contributed by atoms with E-state index in [2.05, 4.69) is 24.1 Å². The maximum Gasteiger partial charge on any atom is 0.0594 e. The number of hydrogen-bond acceptors (Lipinski definition) is 4. The average Bonchev–Trinajstić information content (AvgIpc) is 2.40. The van der Waals surface area contributed by atoms with Crippen LogP contribution in [0.5, 0.6) is 0 Å². The summed E-state index contributed by atoms with van der Waals surface area (Å²) in [5.41, 5.74) is 0.407. The summed E-state index contributed by atoms with van der Waals surface area (Å²) in [5.74, 6) is 0.722. The van der Waals surface area contributed by atoms with Gasteiger partial charge in [-0.05, 0) is 30.7 Å². The molecule has 1 N–H and O–H groups in total. The Bertz CT molecular complexity index is 247. The predicted octanol–water partition coefficient (Wildman–Crippen LogP) is 1.36. The zero-order valence-electron chi connectivity index (χ0n) is 12.6. The second kappa shape index (κ2) is 7.58. The Morgan fingerprint density at radius 1 is 1.05 bits per heavy atom. The van der Waals surface area contributed by atoms with Gasteiger partial charge in [-0.15, -0.1) is 0 Å². The fourth-order valence-corrected chi connectivity index (χ4v) is 3.05. The van der Waals surface area contributed by atoms with Gasteiger partial charge in [-0.3, -0.25) is 4.90 Å². The van der Waals surface area contributed by atoms with Crippen LogP contribution in [0.15, 0.2) is 0 Å². The van der Waals surface area contributed by atoms with Crippen molar-refractivity contribution in [2.45, 2.75) is 26.7 Å². The van der Waals surface area contributed by atoms with Crippen LogP contribution in [0.4, 0.5) is 0 Å². The third kappa shape index (κ3) is 5.03. The third-order valence-electron chi connectivity index (χ3n) is 4.27. The minimum absolute atomic E-state index is 0.407. The molecular weight excluding hydrogens is 240 g/mol. The number of hydrogen-bond donors (Lipinski definition) is 1. The van der Waals surface area contributed by atoms with Gasteiger partial charge in [-0.1, -0.05) is 13.8 Å². The largest absolute Gasteiger partial charge is 0.381 e. The topological polar surface area (TPSA) is 33.7 Å². The fraction of sp³-hybridized carbons (Fsp3) is 1.00. The van der Waals surface area contributed by atoms with Gasteiger partial charge in [0.25, 0.3) is 0 Å². The van der Waals surface area contributed by atoms with Crippen molar-refractivity contribution < 1.29 is 9.47 Å². The van der Waals surface area contributed by atoms with E-state index in [4.69, 9.17) is 9.47 Å². The lowest BCUT2D eigenvalue weighted by atomic mass is 9.79. The number of nitrogens with zero attached hydrogens (tertiary/aromatic N) is 1. The molecule has 0 atom stereocenters. The Balaban J connectivity index is 1.85. The summed E-state index contributed by atoms with van der Waals surface area (Å²) < 4.78 is 11.0. The lowest BCUT2D eigenvalue weighted by Gasteiger charge is -2.42. The first-order valence-electron chi connectivity index (χ1n) is 7.79. The van der Waals surface area contributed by atoms with E-state index in [1.165, 1.54) is 19.4 Å². The minimum Gasteiger partial charge on any atom is -0.381 e. The number of morpholine rings is 1. The van der Waals surface area contributed by atoms with Crippen LogP contribution >= 0.6 is 0 Å². The molecule has 0 radical (unpaired) electrons. The van der Waals surface area contributed by atoms with Gasteiger partial charge < -0.3 is 14.8 Å². The first kappa shape index (κ1) is 15.2. The zero-order valence-corrected chi connectivity index (χ0v) is 12.6. The zero-order chi connectivity index (χ0) is 13.6. The van der Waals surface area contributed by atoms with E-state index in [-0.39, 0.29) is 0 Å². The molecule has 0 spiro atoms. The summed E-state index contributed by atoms with van der Waals surface area (Å²) in [5, 5.41) is 3.67. The van der Waals surface area contributed by atoms with Crippen molar-refractivity contribution in [3.8, 4) is 0 Å². The summed E-state index contributed by atoms with van der Waals surface area (Å²) in [4.78, 5) is 2.58. The highest BCUT2D eigenvalue weighted by Crippen LogP contribution is 2.31. The molecule has 2 saturated heterocycles. The molecule has 2 aliphatic heterocycles. The van der Waals surface area contributed by atoms with Crippen LogP contribution in [0.25, 0.3) is 0 Å². The second-order valence-electron chi connectivity index (χ2n) is 6.53. The van der Waals surface area contributed by atoms with Gasteiger partial charge in [-0.25, -0.2) is 0 Å². The van der Waals surface area contributed by atoms with E-state index in [1.54, 1.807) is 0 Å². The van der Waals surface area contributed by atoms with E-state index < -0.39 is 0 Å². The molecule has 2 aliphatic rings. The number of rotatable bonds is 6. The molecule has 0 saturated carbocycles.